The van der Waals surface area contributed by atoms with Gasteiger partial charge in [0.25, 0.3) is 0 Å². The van der Waals surface area contributed by atoms with Gasteiger partial charge in [-0.05, 0) is 6.07 Å². The van der Waals surface area contributed by atoms with Crippen LogP contribution in [0.25, 0.3) is 10.7 Å². The average molecular weight is 220 g/mol. The number of aryl methyl sites for hydroxylation is 1. The first-order valence-corrected chi connectivity index (χ1v) is 5.84. The van der Waals surface area contributed by atoms with E-state index in [1.807, 2.05) is 24.0 Å². The number of aromatic nitrogens is 3. The van der Waals surface area contributed by atoms with E-state index in [1.165, 1.54) is 10.6 Å². The van der Waals surface area contributed by atoms with Crippen LogP contribution in [0, 0.1) is 0 Å². The summed E-state index contributed by atoms with van der Waals surface area (Å²) >= 11 is 1.75. The van der Waals surface area contributed by atoms with E-state index in [4.69, 9.17) is 0 Å². The Morgan fingerprint density at radius 1 is 1.53 bits per heavy atom. The van der Waals surface area contributed by atoms with Gasteiger partial charge in [0.1, 0.15) is 10.7 Å². The molecule has 0 spiro atoms. The van der Waals surface area contributed by atoms with Gasteiger partial charge in [0, 0.05) is 37.6 Å². The molecule has 0 bridgehead atoms. The maximum atomic E-state index is 4.64. The van der Waals surface area contributed by atoms with E-state index in [-0.39, 0.29) is 0 Å². The number of nitrogens with zero attached hydrogens (tertiary/aromatic N) is 3. The van der Waals surface area contributed by atoms with Gasteiger partial charge in [0.2, 0.25) is 0 Å². The molecule has 4 nitrogen and oxygen atoms in total. The Morgan fingerprint density at radius 3 is 3.20 bits per heavy atom. The standard InChI is InChI=1S/C10H12N4S/c1-14-5-3-8(13-14)10-12-7-2-4-11-6-9(7)15-10/h3,5,11H,2,4,6H2,1H3. The maximum Gasteiger partial charge on any atom is 0.144 e. The first-order valence-electron chi connectivity index (χ1n) is 5.02. The minimum absolute atomic E-state index is 0.958. The molecule has 2 aromatic rings. The van der Waals surface area contributed by atoms with Gasteiger partial charge >= 0.3 is 0 Å². The highest BCUT2D eigenvalue weighted by molar-refractivity contribution is 7.15. The summed E-state index contributed by atoms with van der Waals surface area (Å²) in [5, 5.41) is 8.77. The summed E-state index contributed by atoms with van der Waals surface area (Å²) in [7, 11) is 1.93. The lowest BCUT2D eigenvalue weighted by atomic mass is 10.2. The van der Waals surface area contributed by atoms with Crippen molar-refractivity contribution >= 4 is 11.3 Å². The van der Waals surface area contributed by atoms with Crippen molar-refractivity contribution in [3.05, 3.63) is 22.8 Å². The molecule has 0 saturated carbocycles. The molecule has 78 valence electrons. The first-order chi connectivity index (χ1) is 7.33. The third-order valence-electron chi connectivity index (χ3n) is 2.54. The second-order valence-corrected chi connectivity index (χ2v) is 4.77. The fourth-order valence-electron chi connectivity index (χ4n) is 1.76. The number of hydrogen-bond donors (Lipinski definition) is 1. The predicted molar refractivity (Wildman–Crippen MR) is 59.7 cm³/mol. The Hall–Kier alpha value is -1.20. The molecule has 0 radical (unpaired) electrons. The molecule has 0 unspecified atom stereocenters. The van der Waals surface area contributed by atoms with Gasteiger partial charge in [-0.15, -0.1) is 11.3 Å². The number of thiazole rings is 1. The molecular weight excluding hydrogens is 208 g/mol. The van der Waals surface area contributed by atoms with Crippen LogP contribution in [0.2, 0.25) is 0 Å². The first kappa shape index (κ1) is 9.06. The summed E-state index contributed by atoms with van der Waals surface area (Å²) in [6.07, 6.45) is 2.99. The Kier molecular flexibility index (Phi) is 2.07. The van der Waals surface area contributed by atoms with Crippen LogP contribution in [-0.2, 0) is 20.0 Å². The van der Waals surface area contributed by atoms with Crippen molar-refractivity contribution in [2.45, 2.75) is 13.0 Å². The van der Waals surface area contributed by atoms with Crippen LogP contribution in [-0.4, -0.2) is 21.3 Å². The molecule has 0 aromatic carbocycles. The van der Waals surface area contributed by atoms with Crippen molar-refractivity contribution in [2.24, 2.45) is 7.05 Å². The van der Waals surface area contributed by atoms with Gasteiger partial charge < -0.3 is 5.32 Å². The second-order valence-electron chi connectivity index (χ2n) is 3.69. The fourth-order valence-corrected chi connectivity index (χ4v) is 2.81. The van der Waals surface area contributed by atoms with Crippen molar-refractivity contribution in [3.8, 4) is 10.7 Å². The molecule has 3 rings (SSSR count). The number of nitrogens with one attached hydrogen (secondary N) is 1. The minimum Gasteiger partial charge on any atom is -0.311 e. The summed E-state index contributed by atoms with van der Waals surface area (Å²) < 4.78 is 1.81. The summed E-state index contributed by atoms with van der Waals surface area (Å²) in [5.41, 5.74) is 2.23. The number of fused-ring (bicyclic) bond motifs is 1. The van der Waals surface area contributed by atoms with E-state index in [0.717, 1.165) is 30.2 Å². The summed E-state index contributed by atoms with van der Waals surface area (Å²) in [6.45, 7) is 2.00. The molecule has 15 heavy (non-hydrogen) atoms. The van der Waals surface area contributed by atoms with Gasteiger partial charge in [0.05, 0.1) is 5.69 Å². The number of hydrogen-bond acceptors (Lipinski definition) is 4. The van der Waals surface area contributed by atoms with E-state index in [1.54, 1.807) is 11.3 Å². The monoisotopic (exact) mass is 220 g/mol. The van der Waals surface area contributed by atoms with E-state index < -0.39 is 0 Å². The summed E-state index contributed by atoms with van der Waals surface area (Å²) in [5.74, 6) is 0. The largest absolute Gasteiger partial charge is 0.311 e. The van der Waals surface area contributed by atoms with Gasteiger partial charge in [0.15, 0.2) is 0 Å². The van der Waals surface area contributed by atoms with E-state index >= 15 is 0 Å². The van der Waals surface area contributed by atoms with Gasteiger partial charge in [-0.25, -0.2) is 4.98 Å². The molecule has 5 heteroatoms. The third kappa shape index (κ3) is 1.57. The average Bonchev–Trinajstić information content (AvgIpc) is 2.82. The molecule has 1 N–H and O–H groups in total. The molecule has 1 aliphatic heterocycles. The zero-order valence-corrected chi connectivity index (χ0v) is 9.34. The highest BCUT2D eigenvalue weighted by Gasteiger charge is 2.16. The van der Waals surface area contributed by atoms with Crippen LogP contribution in [0.3, 0.4) is 0 Å². The summed E-state index contributed by atoms with van der Waals surface area (Å²) in [4.78, 5) is 6.00. The lowest BCUT2D eigenvalue weighted by Gasteiger charge is -2.09. The van der Waals surface area contributed by atoms with Gasteiger partial charge in [-0.3, -0.25) is 4.68 Å². The summed E-state index contributed by atoms with van der Waals surface area (Å²) in [6, 6.07) is 2.01. The second kappa shape index (κ2) is 3.43. The molecule has 0 fully saturated rings. The zero-order valence-electron chi connectivity index (χ0n) is 8.53. The van der Waals surface area contributed by atoms with Gasteiger partial charge in [-0.2, -0.15) is 5.10 Å². The van der Waals surface area contributed by atoms with Crippen molar-refractivity contribution in [1.82, 2.24) is 20.1 Å². The molecule has 1 aliphatic rings. The molecule has 0 amide bonds. The quantitative estimate of drug-likeness (QED) is 0.785. The molecule has 0 aliphatic carbocycles. The van der Waals surface area contributed by atoms with Crippen LogP contribution >= 0.6 is 11.3 Å². The van der Waals surface area contributed by atoms with Crippen molar-refractivity contribution in [2.75, 3.05) is 6.54 Å². The number of rotatable bonds is 1. The Morgan fingerprint density at radius 2 is 2.47 bits per heavy atom. The predicted octanol–water partition coefficient (Wildman–Crippen LogP) is 1.19. The van der Waals surface area contributed by atoms with Crippen LogP contribution < -0.4 is 5.32 Å². The molecule has 0 atom stereocenters. The fraction of sp³-hybridized carbons (Fsp3) is 0.400. The third-order valence-corrected chi connectivity index (χ3v) is 3.66. The Balaban J connectivity index is 2.02. The Labute approximate surface area is 92.0 Å². The molecule has 0 saturated heterocycles. The highest BCUT2D eigenvalue weighted by atomic mass is 32.1. The molecule has 2 aromatic heterocycles. The van der Waals surface area contributed by atoms with Gasteiger partial charge in [-0.1, -0.05) is 0 Å². The SMILES string of the molecule is Cn1ccc(-c2nc3c(s2)CNCC3)n1. The lowest BCUT2D eigenvalue weighted by molar-refractivity contribution is 0.644. The van der Waals surface area contributed by atoms with Crippen LogP contribution in [0.5, 0.6) is 0 Å². The lowest BCUT2D eigenvalue weighted by Crippen LogP contribution is -2.22. The highest BCUT2D eigenvalue weighted by Crippen LogP contribution is 2.28. The topological polar surface area (TPSA) is 42.7 Å². The van der Waals surface area contributed by atoms with Crippen LogP contribution in [0.1, 0.15) is 10.6 Å². The minimum atomic E-state index is 0.958. The van der Waals surface area contributed by atoms with Crippen LogP contribution in [0.15, 0.2) is 12.3 Å². The van der Waals surface area contributed by atoms with E-state index in [0.29, 0.717) is 0 Å². The van der Waals surface area contributed by atoms with Crippen molar-refractivity contribution in [1.29, 1.82) is 0 Å². The van der Waals surface area contributed by atoms with Crippen LogP contribution in [0.4, 0.5) is 0 Å². The molecular formula is C10H12N4S. The van der Waals surface area contributed by atoms with Crippen molar-refractivity contribution in [3.63, 3.8) is 0 Å². The Bertz CT molecular complexity index is 462. The smallest absolute Gasteiger partial charge is 0.144 e. The maximum absolute atomic E-state index is 4.64. The van der Waals surface area contributed by atoms with Crippen molar-refractivity contribution < 1.29 is 0 Å². The normalized spacial score (nSPS) is 15.3. The van der Waals surface area contributed by atoms with E-state index in [2.05, 4.69) is 15.4 Å². The zero-order chi connectivity index (χ0) is 10.3. The molecule has 3 heterocycles. The van der Waals surface area contributed by atoms with E-state index in [9.17, 15) is 0 Å².